The molecule has 2 atom stereocenters. The van der Waals surface area contributed by atoms with Crippen molar-refractivity contribution in [2.24, 2.45) is 0 Å². The van der Waals surface area contributed by atoms with Crippen LogP contribution in [0.15, 0.2) is 42.5 Å². The van der Waals surface area contributed by atoms with Gasteiger partial charge in [0, 0.05) is 10.0 Å². The first-order valence-electron chi connectivity index (χ1n) is 6.91. The van der Waals surface area contributed by atoms with Gasteiger partial charge in [0.25, 0.3) is 0 Å². The summed E-state index contributed by atoms with van der Waals surface area (Å²) < 4.78 is 0. The van der Waals surface area contributed by atoms with Gasteiger partial charge in [-0.1, -0.05) is 46.9 Å². The summed E-state index contributed by atoms with van der Waals surface area (Å²) in [4.78, 5) is 24.0. The summed E-state index contributed by atoms with van der Waals surface area (Å²) in [5, 5.41) is 12.0. The van der Waals surface area contributed by atoms with Gasteiger partial charge in [0.05, 0.1) is 10.7 Å². The molecular formula is C16H11Cl3N2O3. The maximum absolute atomic E-state index is 12.6. The number of rotatable bonds is 3. The second kappa shape index (κ2) is 6.61. The average Bonchev–Trinajstić information content (AvgIpc) is 2.86. The number of benzene rings is 2. The zero-order chi connectivity index (χ0) is 17.4. The zero-order valence-electron chi connectivity index (χ0n) is 12.0. The van der Waals surface area contributed by atoms with Crippen LogP contribution in [0, 0.1) is 0 Å². The smallest absolute Gasteiger partial charge is 0.330 e. The number of hydrogen-bond donors (Lipinski definition) is 2. The topological polar surface area (TPSA) is 69.6 Å². The molecule has 24 heavy (non-hydrogen) atoms. The van der Waals surface area contributed by atoms with Crippen molar-refractivity contribution in [1.29, 1.82) is 0 Å². The van der Waals surface area contributed by atoms with Crippen LogP contribution in [0.3, 0.4) is 0 Å². The summed E-state index contributed by atoms with van der Waals surface area (Å²) in [6, 6.07) is 9.18. The van der Waals surface area contributed by atoms with Crippen molar-refractivity contribution >= 4 is 52.2 Å². The van der Waals surface area contributed by atoms with Gasteiger partial charge >= 0.3 is 5.97 Å². The van der Waals surface area contributed by atoms with Gasteiger partial charge in [0.2, 0.25) is 0 Å². The average molecular weight is 386 g/mol. The van der Waals surface area contributed by atoms with Crippen molar-refractivity contribution < 1.29 is 14.7 Å². The number of nitrogens with one attached hydrogen (secondary N) is 1. The summed E-state index contributed by atoms with van der Waals surface area (Å²) in [5.74, 6) is -1.75. The van der Waals surface area contributed by atoms with Crippen LogP contribution in [0.2, 0.25) is 15.1 Å². The lowest BCUT2D eigenvalue weighted by atomic mass is 9.99. The molecule has 2 N–H and O–H groups in total. The van der Waals surface area contributed by atoms with E-state index in [1.54, 1.807) is 36.4 Å². The van der Waals surface area contributed by atoms with Crippen LogP contribution in [0.25, 0.3) is 0 Å². The molecule has 2 aromatic carbocycles. The molecular weight excluding hydrogens is 375 g/mol. The third-order valence-electron chi connectivity index (χ3n) is 3.68. The number of anilines is 1. The van der Waals surface area contributed by atoms with Crippen LogP contribution in [-0.2, 0) is 9.59 Å². The molecule has 0 aliphatic carbocycles. The molecule has 1 aliphatic rings. The number of hydrogen-bond acceptors (Lipinski definition) is 4. The normalized spacial score (nSPS) is 20.5. The highest BCUT2D eigenvalue weighted by molar-refractivity contribution is 6.36. The Kier molecular flexibility index (Phi) is 4.69. The van der Waals surface area contributed by atoms with Crippen molar-refractivity contribution in [1.82, 2.24) is 5.43 Å². The molecule has 1 saturated heterocycles. The fourth-order valence-electron chi connectivity index (χ4n) is 2.58. The number of halogens is 3. The lowest BCUT2D eigenvalue weighted by Gasteiger charge is -2.26. The van der Waals surface area contributed by atoms with Gasteiger partial charge in [-0.05, 0) is 35.9 Å². The van der Waals surface area contributed by atoms with Gasteiger partial charge in [0.1, 0.15) is 6.04 Å². The molecule has 1 fully saturated rings. The van der Waals surface area contributed by atoms with Gasteiger partial charge in [-0.25, -0.2) is 10.2 Å². The van der Waals surface area contributed by atoms with Crippen LogP contribution in [0.4, 0.5) is 5.69 Å². The van der Waals surface area contributed by atoms with E-state index in [1.165, 1.54) is 11.1 Å². The molecule has 0 saturated carbocycles. The Hall–Kier alpha value is -1.79. The minimum Gasteiger partial charge on any atom is -0.480 e. The number of hydrazine groups is 1. The number of carboxylic acids is 1. The van der Waals surface area contributed by atoms with E-state index in [0.29, 0.717) is 26.3 Å². The Balaban J connectivity index is 2.08. The predicted octanol–water partition coefficient (Wildman–Crippen LogP) is 3.74. The summed E-state index contributed by atoms with van der Waals surface area (Å²) in [6.07, 6.45) is 0. The maximum Gasteiger partial charge on any atom is 0.330 e. The van der Waals surface area contributed by atoms with E-state index >= 15 is 0 Å². The Labute approximate surface area is 152 Å². The largest absolute Gasteiger partial charge is 0.480 e. The van der Waals surface area contributed by atoms with E-state index in [1.807, 2.05) is 0 Å². The zero-order valence-corrected chi connectivity index (χ0v) is 14.3. The lowest BCUT2D eigenvalue weighted by Crippen LogP contribution is -2.41. The van der Waals surface area contributed by atoms with E-state index in [2.05, 4.69) is 5.43 Å². The molecule has 2 unspecified atom stereocenters. The standard InChI is InChI=1S/C16H11Cl3N2O3/c17-9-3-1-8(2-4-9)14-15(22)13(16(23)24)20-21(14)12-6-5-10(18)7-11(12)19/h1-7,13-14,20H,(H,23,24). The minimum atomic E-state index is -1.36. The molecule has 0 amide bonds. The van der Waals surface area contributed by atoms with Crippen LogP contribution >= 0.6 is 34.8 Å². The third kappa shape index (κ3) is 3.08. The summed E-state index contributed by atoms with van der Waals surface area (Å²) >= 11 is 18.0. The van der Waals surface area contributed by atoms with Crippen LogP contribution < -0.4 is 10.4 Å². The van der Waals surface area contributed by atoms with E-state index in [-0.39, 0.29) is 0 Å². The highest BCUT2D eigenvalue weighted by atomic mass is 35.5. The quantitative estimate of drug-likeness (QED) is 0.788. The first kappa shape index (κ1) is 17.0. The second-order valence-corrected chi connectivity index (χ2v) is 6.50. The Bertz CT molecular complexity index is 811. The maximum atomic E-state index is 12.6. The van der Waals surface area contributed by atoms with E-state index in [9.17, 15) is 14.7 Å². The molecule has 0 aromatic heterocycles. The Morgan fingerprint density at radius 1 is 1.04 bits per heavy atom. The van der Waals surface area contributed by atoms with Gasteiger partial charge in [0.15, 0.2) is 11.8 Å². The highest BCUT2D eigenvalue weighted by Gasteiger charge is 2.45. The molecule has 2 aromatic rings. The van der Waals surface area contributed by atoms with Crippen molar-refractivity contribution in [3.8, 4) is 0 Å². The summed E-state index contributed by atoms with van der Waals surface area (Å²) in [6.45, 7) is 0. The van der Waals surface area contributed by atoms with Gasteiger partial charge < -0.3 is 5.11 Å². The minimum absolute atomic E-state index is 0.299. The van der Waals surface area contributed by atoms with E-state index in [0.717, 1.165) is 0 Å². The molecule has 0 radical (unpaired) electrons. The molecule has 5 nitrogen and oxygen atoms in total. The molecule has 3 rings (SSSR count). The molecule has 1 heterocycles. The fraction of sp³-hybridized carbons (Fsp3) is 0.125. The number of carbonyl (C=O) groups excluding carboxylic acids is 1. The van der Waals surface area contributed by atoms with Crippen molar-refractivity contribution in [3.63, 3.8) is 0 Å². The van der Waals surface area contributed by atoms with E-state index < -0.39 is 23.8 Å². The Morgan fingerprint density at radius 2 is 1.67 bits per heavy atom. The number of nitrogens with zero attached hydrogens (tertiary/aromatic N) is 1. The predicted molar refractivity (Wildman–Crippen MR) is 92.7 cm³/mol. The molecule has 1 aliphatic heterocycles. The molecule has 124 valence electrons. The summed E-state index contributed by atoms with van der Waals surface area (Å²) in [7, 11) is 0. The van der Waals surface area contributed by atoms with Crippen molar-refractivity contribution in [2.75, 3.05) is 5.01 Å². The molecule has 0 bridgehead atoms. The molecule has 8 heteroatoms. The highest BCUT2D eigenvalue weighted by Crippen LogP contribution is 2.37. The Morgan fingerprint density at radius 3 is 2.25 bits per heavy atom. The van der Waals surface area contributed by atoms with Crippen molar-refractivity contribution in [2.45, 2.75) is 12.1 Å². The van der Waals surface area contributed by atoms with Crippen LogP contribution in [0.1, 0.15) is 11.6 Å². The monoisotopic (exact) mass is 384 g/mol. The third-order valence-corrected chi connectivity index (χ3v) is 4.47. The number of ketones is 1. The van der Waals surface area contributed by atoms with Gasteiger partial charge in [-0.15, -0.1) is 0 Å². The first-order chi connectivity index (χ1) is 11.4. The molecule has 0 spiro atoms. The first-order valence-corrected chi connectivity index (χ1v) is 8.04. The van der Waals surface area contributed by atoms with E-state index in [4.69, 9.17) is 34.8 Å². The number of Topliss-reactive ketones (excluding diaryl/α,β-unsaturated/α-hetero) is 1. The lowest BCUT2D eigenvalue weighted by molar-refractivity contribution is -0.142. The second-order valence-electron chi connectivity index (χ2n) is 5.22. The van der Waals surface area contributed by atoms with Gasteiger partial charge in [-0.2, -0.15) is 0 Å². The fourth-order valence-corrected chi connectivity index (χ4v) is 3.21. The van der Waals surface area contributed by atoms with Crippen LogP contribution in [-0.4, -0.2) is 22.9 Å². The van der Waals surface area contributed by atoms with Gasteiger partial charge in [-0.3, -0.25) is 9.80 Å². The number of carboxylic acid groups (broad SMARTS) is 1. The number of aliphatic carboxylic acids is 1. The van der Waals surface area contributed by atoms with Crippen LogP contribution in [0.5, 0.6) is 0 Å². The van der Waals surface area contributed by atoms with Crippen molar-refractivity contribution in [3.05, 3.63) is 63.1 Å². The SMILES string of the molecule is O=C(O)C1NN(c2ccc(Cl)cc2Cl)C(c2ccc(Cl)cc2)C1=O. The summed E-state index contributed by atoms with van der Waals surface area (Å²) in [5.41, 5.74) is 3.76. The number of carbonyl (C=O) groups is 2.